The van der Waals surface area contributed by atoms with Gasteiger partial charge in [0.05, 0.1) is 5.75 Å². The third-order valence-electron chi connectivity index (χ3n) is 1.81. The molecule has 0 aromatic heterocycles. The van der Waals surface area contributed by atoms with E-state index in [0.29, 0.717) is 13.1 Å². The number of halogens is 1. The van der Waals surface area contributed by atoms with Gasteiger partial charge in [-0.05, 0) is 12.5 Å². The van der Waals surface area contributed by atoms with E-state index in [1.807, 2.05) is 20.8 Å². The van der Waals surface area contributed by atoms with Crippen molar-refractivity contribution in [1.82, 2.24) is 10.6 Å². The van der Waals surface area contributed by atoms with Crippen LogP contribution in [-0.2, 0) is 14.6 Å². The molecule has 0 aromatic rings. The Hall–Kier alpha value is -0.330. The van der Waals surface area contributed by atoms with Crippen molar-refractivity contribution in [2.75, 3.05) is 31.1 Å². The van der Waals surface area contributed by atoms with Crippen LogP contribution in [0.2, 0.25) is 0 Å². The summed E-state index contributed by atoms with van der Waals surface area (Å²) in [6, 6.07) is 0. The lowest BCUT2D eigenvalue weighted by atomic mass is 10.3. The van der Waals surface area contributed by atoms with Gasteiger partial charge in [-0.3, -0.25) is 4.79 Å². The summed E-state index contributed by atoms with van der Waals surface area (Å²) < 4.78 is 22.9. The quantitative estimate of drug-likeness (QED) is 0.625. The largest absolute Gasteiger partial charge is 0.354 e. The van der Waals surface area contributed by atoms with Crippen molar-refractivity contribution < 1.29 is 13.2 Å². The summed E-state index contributed by atoms with van der Waals surface area (Å²) in [6.07, 6.45) is 0. The summed E-state index contributed by atoms with van der Waals surface area (Å²) in [4.78, 5) is 11.3. The first-order chi connectivity index (χ1) is 7.37. The summed E-state index contributed by atoms with van der Waals surface area (Å²) in [5.74, 6) is -0.705. The summed E-state index contributed by atoms with van der Waals surface area (Å²) in [5.41, 5.74) is 0. The van der Waals surface area contributed by atoms with Gasteiger partial charge in [0.25, 0.3) is 0 Å². The second-order valence-corrected chi connectivity index (χ2v) is 6.26. The van der Waals surface area contributed by atoms with Crippen molar-refractivity contribution >= 4 is 28.2 Å². The van der Waals surface area contributed by atoms with Crippen LogP contribution in [-0.4, -0.2) is 45.5 Å². The van der Waals surface area contributed by atoms with Gasteiger partial charge in [0.2, 0.25) is 5.91 Å². The molecule has 0 fully saturated rings. The normalized spacial score (nSPS) is 11.1. The molecule has 0 aliphatic carbocycles. The molecule has 0 aromatic carbocycles. The smallest absolute Gasteiger partial charge is 0.235 e. The zero-order valence-electron chi connectivity index (χ0n) is 10.7. The number of carbonyl (C=O) groups excluding carboxylic acids is 1. The van der Waals surface area contributed by atoms with E-state index in [4.69, 9.17) is 0 Å². The molecule has 0 rings (SSSR count). The van der Waals surface area contributed by atoms with Crippen molar-refractivity contribution in [2.45, 2.75) is 20.8 Å². The Kier molecular flexibility index (Phi) is 10.8. The summed E-state index contributed by atoms with van der Waals surface area (Å²) in [7, 11) is -3.26. The van der Waals surface area contributed by atoms with E-state index in [1.165, 1.54) is 0 Å². The lowest BCUT2D eigenvalue weighted by Crippen LogP contribution is -2.36. The monoisotopic (exact) mass is 286 g/mol. The maximum atomic E-state index is 11.5. The fourth-order valence-electron chi connectivity index (χ4n) is 1.28. The lowest BCUT2D eigenvalue weighted by Gasteiger charge is -2.08. The number of rotatable bonds is 8. The number of carbonyl (C=O) groups is 1. The molecular formula is C10H23ClN2O3S. The fourth-order valence-corrected chi connectivity index (χ4v) is 2.92. The first kappa shape index (κ1) is 19.0. The Labute approximate surface area is 110 Å². The highest BCUT2D eigenvalue weighted by atomic mass is 35.5. The number of likely N-dealkylation sites (N-methyl/N-ethyl adjacent to an activating group) is 1. The van der Waals surface area contributed by atoms with Gasteiger partial charge in [-0.2, -0.15) is 0 Å². The van der Waals surface area contributed by atoms with Crippen LogP contribution < -0.4 is 10.6 Å². The van der Waals surface area contributed by atoms with Crippen LogP contribution in [0.25, 0.3) is 0 Å². The van der Waals surface area contributed by atoms with E-state index in [1.54, 1.807) is 0 Å². The van der Waals surface area contributed by atoms with Gasteiger partial charge in [0.15, 0.2) is 9.84 Å². The molecular weight excluding hydrogens is 264 g/mol. The topological polar surface area (TPSA) is 75.3 Å². The lowest BCUT2D eigenvalue weighted by molar-refractivity contribution is -0.118. The highest BCUT2D eigenvalue weighted by Crippen LogP contribution is 2.00. The molecule has 0 atom stereocenters. The van der Waals surface area contributed by atoms with Crippen LogP contribution in [0.5, 0.6) is 0 Å². The minimum absolute atomic E-state index is 0. The Morgan fingerprint density at radius 2 is 1.82 bits per heavy atom. The van der Waals surface area contributed by atoms with Gasteiger partial charge in [-0.25, -0.2) is 8.42 Å². The summed E-state index contributed by atoms with van der Waals surface area (Å²) >= 11 is 0. The van der Waals surface area contributed by atoms with Crippen molar-refractivity contribution in [3.63, 3.8) is 0 Å². The standard InChI is InChI=1S/C10H22N2O3S.ClH/c1-4-11-5-6-12-10(13)8-16(14,15)7-9(2)3;/h9,11H,4-8H2,1-3H3,(H,12,13);1H. The molecule has 1 amide bonds. The Morgan fingerprint density at radius 3 is 2.29 bits per heavy atom. The molecule has 0 bridgehead atoms. The number of hydrogen-bond acceptors (Lipinski definition) is 4. The molecule has 104 valence electrons. The highest BCUT2D eigenvalue weighted by Gasteiger charge is 2.17. The zero-order chi connectivity index (χ0) is 12.6. The number of nitrogens with one attached hydrogen (secondary N) is 2. The molecule has 0 heterocycles. The Bertz CT molecular complexity index is 305. The average molecular weight is 287 g/mol. The van der Waals surface area contributed by atoms with Gasteiger partial charge < -0.3 is 10.6 Å². The van der Waals surface area contributed by atoms with Crippen LogP contribution in [0.15, 0.2) is 0 Å². The first-order valence-electron chi connectivity index (χ1n) is 5.55. The van der Waals surface area contributed by atoms with Gasteiger partial charge in [0, 0.05) is 13.1 Å². The van der Waals surface area contributed by atoms with Crippen LogP contribution in [0.3, 0.4) is 0 Å². The molecule has 7 heteroatoms. The van der Waals surface area contributed by atoms with E-state index < -0.39 is 21.5 Å². The van der Waals surface area contributed by atoms with Crippen molar-refractivity contribution in [3.05, 3.63) is 0 Å². The van der Waals surface area contributed by atoms with E-state index in [2.05, 4.69) is 10.6 Å². The molecule has 0 saturated heterocycles. The van der Waals surface area contributed by atoms with E-state index in [9.17, 15) is 13.2 Å². The average Bonchev–Trinajstić information content (AvgIpc) is 2.09. The van der Waals surface area contributed by atoms with Crippen molar-refractivity contribution in [3.8, 4) is 0 Å². The van der Waals surface area contributed by atoms with Crippen molar-refractivity contribution in [2.24, 2.45) is 5.92 Å². The molecule has 0 saturated carbocycles. The van der Waals surface area contributed by atoms with Crippen LogP contribution in [0.4, 0.5) is 0 Å². The number of hydrogen-bond donors (Lipinski definition) is 2. The number of sulfone groups is 1. The minimum Gasteiger partial charge on any atom is -0.354 e. The van der Waals surface area contributed by atoms with Crippen molar-refractivity contribution in [1.29, 1.82) is 0 Å². The Balaban J connectivity index is 0. The van der Waals surface area contributed by atoms with Gasteiger partial charge in [0.1, 0.15) is 5.75 Å². The molecule has 17 heavy (non-hydrogen) atoms. The second kappa shape index (κ2) is 9.67. The second-order valence-electron chi connectivity index (χ2n) is 4.15. The van der Waals surface area contributed by atoms with Gasteiger partial charge >= 0.3 is 0 Å². The minimum atomic E-state index is -3.26. The van der Waals surface area contributed by atoms with Crippen LogP contribution >= 0.6 is 12.4 Å². The molecule has 0 aliphatic rings. The molecule has 2 N–H and O–H groups in total. The van der Waals surface area contributed by atoms with Gasteiger partial charge in [-0.15, -0.1) is 12.4 Å². The van der Waals surface area contributed by atoms with E-state index in [-0.39, 0.29) is 24.1 Å². The predicted octanol–water partition coefficient (Wildman–Crippen LogP) is 0.205. The maximum Gasteiger partial charge on any atom is 0.235 e. The number of amides is 1. The zero-order valence-corrected chi connectivity index (χ0v) is 12.3. The Morgan fingerprint density at radius 1 is 1.24 bits per heavy atom. The molecule has 0 unspecified atom stereocenters. The first-order valence-corrected chi connectivity index (χ1v) is 7.37. The molecule has 5 nitrogen and oxygen atoms in total. The molecule has 0 radical (unpaired) electrons. The SMILES string of the molecule is CCNCCNC(=O)CS(=O)(=O)CC(C)C.Cl. The van der Waals surface area contributed by atoms with E-state index >= 15 is 0 Å². The van der Waals surface area contributed by atoms with E-state index in [0.717, 1.165) is 6.54 Å². The third-order valence-corrected chi connectivity index (χ3v) is 3.69. The van der Waals surface area contributed by atoms with Gasteiger partial charge in [-0.1, -0.05) is 20.8 Å². The third kappa shape index (κ3) is 11.9. The summed E-state index contributed by atoms with van der Waals surface area (Å²) in [6.45, 7) is 7.56. The molecule has 0 aliphatic heterocycles. The highest BCUT2D eigenvalue weighted by molar-refractivity contribution is 7.92. The predicted molar refractivity (Wildman–Crippen MR) is 72.3 cm³/mol. The van der Waals surface area contributed by atoms with Crippen LogP contribution in [0.1, 0.15) is 20.8 Å². The molecule has 0 spiro atoms. The van der Waals surface area contributed by atoms with Crippen LogP contribution in [0, 0.1) is 5.92 Å². The fraction of sp³-hybridized carbons (Fsp3) is 0.900. The maximum absolute atomic E-state index is 11.5. The summed E-state index contributed by atoms with van der Waals surface area (Å²) in [5, 5.41) is 5.60.